The van der Waals surface area contributed by atoms with Gasteiger partial charge in [0.1, 0.15) is 36.3 Å². The maximum atomic E-state index is 12.8. The van der Waals surface area contributed by atoms with Gasteiger partial charge in [0.2, 0.25) is 0 Å². The van der Waals surface area contributed by atoms with E-state index in [1.165, 1.54) is 24.3 Å². The Morgan fingerprint density at radius 3 is 1.14 bits per heavy atom. The molecule has 4 rings (SSSR count). The minimum Gasteiger partial charge on any atom is -0.491 e. The molecule has 0 heterocycles. The monoisotopic (exact) mass is 582 g/mol. The second-order valence-corrected chi connectivity index (χ2v) is 9.07. The number of ether oxygens (including phenoxy) is 4. The fourth-order valence-corrected chi connectivity index (χ4v) is 3.45. The first-order valence-electron chi connectivity index (χ1n) is 14.2. The zero-order valence-electron chi connectivity index (χ0n) is 24.6. The number of rotatable bonds is 11. The highest BCUT2D eigenvalue weighted by Gasteiger charge is 1.96. The van der Waals surface area contributed by atoms with Crippen molar-refractivity contribution >= 4 is 0 Å². The number of benzene rings is 4. The van der Waals surface area contributed by atoms with Crippen molar-refractivity contribution in [2.45, 2.75) is 20.3 Å². The van der Waals surface area contributed by atoms with Crippen LogP contribution in [0.15, 0.2) is 97.1 Å². The molecule has 0 N–H and O–H groups in total. The molecule has 6 heteroatoms. The summed E-state index contributed by atoms with van der Waals surface area (Å²) < 4.78 is 47.2. The van der Waals surface area contributed by atoms with Gasteiger partial charge in [0.25, 0.3) is 0 Å². The topological polar surface area (TPSA) is 36.9 Å². The predicted molar refractivity (Wildman–Crippen MR) is 166 cm³/mol. The van der Waals surface area contributed by atoms with Crippen LogP contribution in [0.5, 0.6) is 11.5 Å². The fourth-order valence-electron chi connectivity index (χ4n) is 3.45. The Morgan fingerprint density at radius 1 is 0.442 bits per heavy atom. The average molecular weight is 583 g/mol. The molecule has 4 nitrogen and oxygen atoms in total. The van der Waals surface area contributed by atoms with Gasteiger partial charge in [-0.25, -0.2) is 8.78 Å². The number of hydrogen-bond acceptors (Lipinski definition) is 4. The van der Waals surface area contributed by atoms with Gasteiger partial charge >= 0.3 is 0 Å². The number of halogens is 2. The fraction of sp³-hybridized carbons (Fsp3) is 0.243. The van der Waals surface area contributed by atoms with E-state index in [-0.39, 0.29) is 11.6 Å². The van der Waals surface area contributed by atoms with Crippen molar-refractivity contribution in [1.29, 1.82) is 0 Å². The third kappa shape index (κ3) is 13.7. The Morgan fingerprint density at radius 2 is 0.791 bits per heavy atom. The van der Waals surface area contributed by atoms with E-state index in [9.17, 15) is 8.78 Å². The molecule has 0 saturated carbocycles. The summed E-state index contributed by atoms with van der Waals surface area (Å²) in [4.78, 5) is 0. The van der Waals surface area contributed by atoms with E-state index in [1.54, 1.807) is 24.3 Å². The van der Waals surface area contributed by atoms with Gasteiger partial charge < -0.3 is 18.9 Å². The molecule has 43 heavy (non-hydrogen) atoms. The van der Waals surface area contributed by atoms with Crippen LogP contribution in [0.25, 0.3) is 0 Å². The third-order valence-corrected chi connectivity index (χ3v) is 5.64. The molecule has 0 atom stereocenters. The van der Waals surface area contributed by atoms with Crippen LogP contribution in [-0.4, -0.2) is 39.6 Å². The first-order chi connectivity index (χ1) is 21.1. The molecule has 0 amide bonds. The van der Waals surface area contributed by atoms with Crippen LogP contribution in [0.2, 0.25) is 0 Å². The van der Waals surface area contributed by atoms with Crippen molar-refractivity contribution < 1.29 is 27.7 Å². The molecule has 0 unspecified atom stereocenters. The second-order valence-electron chi connectivity index (χ2n) is 9.07. The molecule has 0 radical (unpaired) electrons. The van der Waals surface area contributed by atoms with Gasteiger partial charge in [-0.3, -0.25) is 0 Å². The Labute approximate surface area is 253 Å². The van der Waals surface area contributed by atoms with Crippen molar-refractivity contribution in [2.75, 3.05) is 39.6 Å². The minimum absolute atomic E-state index is 0.255. The Kier molecular flexibility index (Phi) is 14.9. The minimum atomic E-state index is -0.255. The van der Waals surface area contributed by atoms with Crippen LogP contribution in [-0.2, 0) is 9.47 Å². The summed E-state index contributed by atoms with van der Waals surface area (Å²) in [6.45, 7) is 7.75. The molecule has 0 aliphatic carbocycles. The van der Waals surface area contributed by atoms with Crippen molar-refractivity contribution in [2.24, 2.45) is 0 Å². The van der Waals surface area contributed by atoms with E-state index < -0.39 is 0 Å². The largest absolute Gasteiger partial charge is 0.491 e. The lowest BCUT2D eigenvalue weighted by molar-refractivity contribution is 0.101. The van der Waals surface area contributed by atoms with Gasteiger partial charge in [-0.1, -0.05) is 30.6 Å². The highest BCUT2D eigenvalue weighted by atomic mass is 19.1. The summed E-state index contributed by atoms with van der Waals surface area (Å²) in [5.74, 6) is 13.1. The highest BCUT2D eigenvalue weighted by molar-refractivity contribution is 5.45. The second kappa shape index (κ2) is 19.5. The van der Waals surface area contributed by atoms with Crippen LogP contribution < -0.4 is 9.47 Å². The van der Waals surface area contributed by atoms with Crippen molar-refractivity contribution in [3.63, 3.8) is 0 Å². The molecule has 0 bridgehead atoms. The van der Waals surface area contributed by atoms with Crippen molar-refractivity contribution in [3.05, 3.63) is 131 Å². The van der Waals surface area contributed by atoms with Crippen molar-refractivity contribution in [3.8, 4) is 35.2 Å². The Balaban J connectivity index is 0.000000236. The summed E-state index contributed by atoms with van der Waals surface area (Å²) in [7, 11) is 0. The SMILES string of the molecule is CCCOCCOc1ccc(C#Cc2ccc(F)cc2)cc1.CCOCCOc1ccc(C#Cc2ccc(F)cc2)cc1. The molecule has 222 valence electrons. The van der Waals surface area contributed by atoms with E-state index >= 15 is 0 Å². The predicted octanol–water partition coefficient (Wildman–Crippen LogP) is 7.67. The van der Waals surface area contributed by atoms with Gasteiger partial charge in [0, 0.05) is 35.5 Å². The van der Waals surface area contributed by atoms with E-state index in [4.69, 9.17) is 18.9 Å². The van der Waals surface area contributed by atoms with Crippen LogP contribution >= 0.6 is 0 Å². The van der Waals surface area contributed by atoms with E-state index in [0.717, 1.165) is 46.8 Å². The molecular weight excluding hydrogens is 546 g/mol. The maximum Gasteiger partial charge on any atom is 0.123 e. The first-order valence-corrected chi connectivity index (χ1v) is 14.2. The lowest BCUT2D eigenvalue weighted by atomic mass is 10.2. The third-order valence-electron chi connectivity index (χ3n) is 5.64. The molecule has 0 fully saturated rings. The molecule has 0 aromatic heterocycles. The van der Waals surface area contributed by atoms with E-state index in [2.05, 4.69) is 30.6 Å². The molecule has 0 spiro atoms. The van der Waals surface area contributed by atoms with Crippen LogP contribution in [0.1, 0.15) is 42.5 Å². The van der Waals surface area contributed by atoms with Gasteiger partial charge in [-0.2, -0.15) is 0 Å². The summed E-state index contributed by atoms with van der Waals surface area (Å²) >= 11 is 0. The standard InChI is InChI=1S/C19H19FO2.C18H17FO2/c1-2-13-21-14-15-22-19-11-7-17(8-12-19)4-3-16-5-9-18(20)10-6-16;1-2-20-13-14-21-18-11-7-16(8-12-18)4-3-15-5-9-17(19)10-6-15/h5-12H,2,13-15H2,1H3;5-12H,2,13-14H2,1H3. The molecule has 0 aliphatic heterocycles. The van der Waals surface area contributed by atoms with Crippen LogP contribution in [0, 0.1) is 35.3 Å². The van der Waals surface area contributed by atoms with Crippen LogP contribution in [0.3, 0.4) is 0 Å². The normalized spacial score (nSPS) is 9.86. The van der Waals surface area contributed by atoms with Gasteiger partial charge in [0.15, 0.2) is 0 Å². The zero-order chi connectivity index (χ0) is 30.5. The maximum absolute atomic E-state index is 12.8. The number of hydrogen-bond donors (Lipinski definition) is 0. The lowest BCUT2D eigenvalue weighted by Gasteiger charge is -2.06. The lowest BCUT2D eigenvalue weighted by Crippen LogP contribution is -2.06. The van der Waals surface area contributed by atoms with Gasteiger partial charge in [-0.15, -0.1) is 0 Å². The quantitative estimate of drug-likeness (QED) is 0.134. The van der Waals surface area contributed by atoms with E-state index in [1.807, 2.05) is 55.5 Å². The molecule has 0 aliphatic rings. The van der Waals surface area contributed by atoms with Crippen molar-refractivity contribution in [1.82, 2.24) is 0 Å². The molecule has 4 aromatic carbocycles. The summed E-state index contributed by atoms with van der Waals surface area (Å²) in [6.07, 6.45) is 1.02. The average Bonchev–Trinajstić information content (AvgIpc) is 3.04. The Bertz CT molecular complexity index is 1460. The first kappa shape index (κ1) is 32.9. The summed E-state index contributed by atoms with van der Waals surface area (Å²) in [5, 5.41) is 0. The Hall–Kier alpha value is -4.62. The molecular formula is C37H36F2O4. The highest BCUT2D eigenvalue weighted by Crippen LogP contribution is 2.13. The molecule has 4 aromatic rings. The molecule has 0 saturated heterocycles. The van der Waals surface area contributed by atoms with E-state index in [0.29, 0.717) is 33.0 Å². The van der Waals surface area contributed by atoms with Gasteiger partial charge in [-0.05, 0) is 110 Å². The van der Waals surface area contributed by atoms with Gasteiger partial charge in [0.05, 0.1) is 13.2 Å². The van der Waals surface area contributed by atoms with Crippen LogP contribution in [0.4, 0.5) is 8.78 Å². The summed E-state index contributed by atoms with van der Waals surface area (Å²) in [5.41, 5.74) is 3.35. The summed E-state index contributed by atoms with van der Waals surface area (Å²) in [6, 6.07) is 27.4. The zero-order valence-corrected chi connectivity index (χ0v) is 24.6. The smallest absolute Gasteiger partial charge is 0.123 e.